The first-order chi connectivity index (χ1) is 12.7. The molecule has 0 aliphatic rings. The molecule has 4 rings (SSSR count). The summed E-state index contributed by atoms with van der Waals surface area (Å²) in [5, 5.41) is 15.2. The van der Waals surface area contributed by atoms with Crippen molar-refractivity contribution in [3.05, 3.63) is 53.4 Å². The fourth-order valence-electron chi connectivity index (χ4n) is 2.33. The second-order valence-electron chi connectivity index (χ2n) is 5.19. The normalized spacial score (nSPS) is 10.8. The predicted molar refractivity (Wildman–Crippen MR) is 94.4 cm³/mol. The van der Waals surface area contributed by atoms with Gasteiger partial charge in [0.25, 0.3) is 0 Å². The summed E-state index contributed by atoms with van der Waals surface area (Å²) in [6, 6.07) is 14.9. The summed E-state index contributed by atoms with van der Waals surface area (Å²) < 4.78 is 12.2. The summed E-state index contributed by atoms with van der Waals surface area (Å²) in [5.41, 5.74) is 1.49. The number of esters is 1. The Labute approximate surface area is 152 Å². The van der Waals surface area contributed by atoms with Gasteiger partial charge in [-0.1, -0.05) is 30.3 Å². The fraction of sp³-hybridized carbons (Fsp3) is 0.118. The van der Waals surface area contributed by atoms with Crippen LogP contribution in [0.25, 0.3) is 16.1 Å². The van der Waals surface area contributed by atoms with E-state index in [9.17, 15) is 4.79 Å². The van der Waals surface area contributed by atoms with E-state index in [1.165, 1.54) is 16.0 Å². The topological polar surface area (TPSA) is 91.5 Å². The second-order valence-corrected chi connectivity index (χ2v) is 6.24. The van der Waals surface area contributed by atoms with E-state index in [-0.39, 0.29) is 12.5 Å². The molecule has 3 heterocycles. The first-order valence-corrected chi connectivity index (χ1v) is 8.66. The Morgan fingerprint density at radius 3 is 2.85 bits per heavy atom. The molecule has 0 saturated heterocycles. The summed E-state index contributed by atoms with van der Waals surface area (Å²) >= 11 is 1.31. The number of ether oxygens (including phenoxy) is 2. The lowest BCUT2D eigenvalue weighted by molar-refractivity contribution is 0.0529. The summed E-state index contributed by atoms with van der Waals surface area (Å²) in [7, 11) is 0. The molecule has 4 aromatic rings. The van der Waals surface area contributed by atoms with Crippen LogP contribution in [0.2, 0.25) is 0 Å². The SMILES string of the molecule is CCOC(=O)c1sc(-c2ccccc2)cc1Oc1ccc2nnnn2n1. The van der Waals surface area contributed by atoms with Crippen LogP contribution < -0.4 is 4.74 Å². The first-order valence-electron chi connectivity index (χ1n) is 7.84. The van der Waals surface area contributed by atoms with Gasteiger partial charge < -0.3 is 9.47 Å². The first kappa shape index (κ1) is 16.2. The molecule has 130 valence electrons. The van der Waals surface area contributed by atoms with Crippen molar-refractivity contribution in [3.63, 3.8) is 0 Å². The van der Waals surface area contributed by atoms with E-state index in [2.05, 4.69) is 20.6 Å². The minimum Gasteiger partial charge on any atom is -0.462 e. The summed E-state index contributed by atoms with van der Waals surface area (Å²) in [4.78, 5) is 13.6. The molecule has 8 nitrogen and oxygen atoms in total. The Morgan fingerprint density at radius 2 is 2.04 bits per heavy atom. The van der Waals surface area contributed by atoms with Crippen molar-refractivity contribution in [1.29, 1.82) is 0 Å². The number of hydrogen-bond donors (Lipinski definition) is 0. The van der Waals surface area contributed by atoms with Gasteiger partial charge in [-0.05, 0) is 29.0 Å². The Hall–Kier alpha value is -3.33. The average Bonchev–Trinajstić information content (AvgIpc) is 3.29. The minimum absolute atomic E-state index is 0.271. The van der Waals surface area contributed by atoms with Crippen LogP contribution in [0, 0.1) is 0 Å². The van der Waals surface area contributed by atoms with E-state index in [1.54, 1.807) is 25.1 Å². The van der Waals surface area contributed by atoms with Gasteiger partial charge in [-0.3, -0.25) is 0 Å². The molecule has 26 heavy (non-hydrogen) atoms. The molecule has 0 atom stereocenters. The van der Waals surface area contributed by atoms with E-state index in [1.807, 2.05) is 30.3 Å². The number of carbonyl (C=O) groups excluding carboxylic acids is 1. The number of hydrogen-bond acceptors (Lipinski definition) is 8. The van der Waals surface area contributed by atoms with Gasteiger partial charge in [-0.2, -0.15) is 0 Å². The van der Waals surface area contributed by atoms with Crippen molar-refractivity contribution >= 4 is 23.0 Å². The highest BCUT2D eigenvalue weighted by atomic mass is 32.1. The molecule has 0 N–H and O–H groups in total. The summed E-state index contributed by atoms with van der Waals surface area (Å²) in [5.74, 6) is 0.221. The third-order valence-electron chi connectivity index (χ3n) is 3.48. The van der Waals surface area contributed by atoms with Crippen LogP contribution in [0.5, 0.6) is 11.6 Å². The van der Waals surface area contributed by atoms with Gasteiger partial charge in [0, 0.05) is 17.0 Å². The zero-order valence-electron chi connectivity index (χ0n) is 13.7. The van der Waals surface area contributed by atoms with Crippen molar-refractivity contribution in [1.82, 2.24) is 25.3 Å². The highest BCUT2D eigenvalue weighted by Gasteiger charge is 2.21. The highest BCUT2D eigenvalue weighted by molar-refractivity contribution is 7.17. The quantitative estimate of drug-likeness (QED) is 0.500. The Morgan fingerprint density at radius 1 is 1.19 bits per heavy atom. The van der Waals surface area contributed by atoms with Crippen LogP contribution in [0.1, 0.15) is 16.6 Å². The molecule has 0 spiro atoms. The minimum atomic E-state index is -0.432. The molecule has 0 fully saturated rings. The van der Waals surface area contributed by atoms with Gasteiger partial charge in [0.1, 0.15) is 0 Å². The van der Waals surface area contributed by atoms with Crippen LogP contribution >= 0.6 is 11.3 Å². The lowest BCUT2D eigenvalue weighted by Crippen LogP contribution is -2.04. The molecule has 0 aliphatic heterocycles. The largest absolute Gasteiger partial charge is 0.462 e. The molecule has 9 heteroatoms. The smallest absolute Gasteiger partial charge is 0.352 e. The number of carbonyl (C=O) groups is 1. The third kappa shape index (κ3) is 3.11. The molecule has 3 aromatic heterocycles. The average molecular weight is 367 g/mol. The number of benzene rings is 1. The second kappa shape index (κ2) is 6.89. The van der Waals surface area contributed by atoms with E-state index >= 15 is 0 Å². The van der Waals surface area contributed by atoms with Gasteiger partial charge in [-0.15, -0.1) is 26.2 Å². The van der Waals surface area contributed by atoms with E-state index in [0.717, 1.165) is 10.4 Å². The lowest BCUT2D eigenvalue weighted by atomic mass is 10.2. The van der Waals surface area contributed by atoms with E-state index in [0.29, 0.717) is 16.3 Å². The Bertz CT molecular complexity index is 1060. The zero-order valence-corrected chi connectivity index (χ0v) is 14.5. The van der Waals surface area contributed by atoms with Gasteiger partial charge in [0.15, 0.2) is 16.3 Å². The number of fused-ring (bicyclic) bond motifs is 1. The van der Waals surface area contributed by atoms with Crippen LogP contribution in [0.4, 0.5) is 0 Å². The van der Waals surface area contributed by atoms with Gasteiger partial charge >= 0.3 is 5.97 Å². The number of nitrogens with zero attached hydrogens (tertiary/aromatic N) is 5. The van der Waals surface area contributed by atoms with Crippen LogP contribution in [0.15, 0.2) is 48.5 Å². The van der Waals surface area contributed by atoms with Gasteiger partial charge in [0.05, 0.1) is 6.61 Å². The van der Waals surface area contributed by atoms with Gasteiger partial charge in [-0.25, -0.2) is 4.79 Å². The molecule has 0 amide bonds. The fourth-order valence-corrected chi connectivity index (χ4v) is 3.32. The van der Waals surface area contributed by atoms with Gasteiger partial charge in [0.2, 0.25) is 5.88 Å². The number of rotatable bonds is 5. The van der Waals surface area contributed by atoms with Crippen molar-refractivity contribution in [2.24, 2.45) is 0 Å². The Kier molecular flexibility index (Phi) is 4.28. The lowest BCUT2D eigenvalue weighted by Gasteiger charge is -2.05. The Balaban J connectivity index is 1.72. The van der Waals surface area contributed by atoms with Crippen molar-refractivity contribution in [3.8, 4) is 22.1 Å². The molecule has 1 aromatic carbocycles. The van der Waals surface area contributed by atoms with Crippen molar-refractivity contribution in [2.45, 2.75) is 6.92 Å². The van der Waals surface area contributed by atoms with E-state index in [4.69, 9.17) is 9.47 Å². The molecule has 0 saturated carbocycles. The van der Waals surface area contributed by atoms with Crippen molar-refractivity contribution in [2.75, 3.05) is 6.61 Å². The maximum atomic E-state index is 12.3. The number of aromatic nitrogens is 5. The van der Waals surface area contributed by atoms with Crippen LogP contribution in [0.3, 0.4) is 0 Å². The van der Waals surface area contributed by atoms with Crippen LogP contribution in [-0.4, -0.2) is 37.8 Å². The van der Waals surface area contributed by atoms with Crippen LogP contribution in [-0.2, 0) is 4.74 Å². The summed E-state index contributed by atoms with van der Waals surface area (Å²) in [6.07, 6.45) is 0. The third-order valence-corrected chi connectivity index (χ3v) is 4.62. The molecule has 0 bridgehead atoms. The standard InChI is InChI=1S/C17H13N5O3S/c1-2-24-17(23)16-12(10-13(26-16)11-6-4-3-5-7-11)25-15-9-8-14-18-20-21-22(14)19-15/h3-10H,2H2,1H3. The monoisotopic (exact) mass is 367 g/mol. The molecular formula is C17H13N5O3S. The molecular weight excluding hydrogens is 354 g/mol. The molecule has 0 aliphatic carbocycles. The molecule has 0 unspecified atom stereocenters. The summed E-state index contributed by atoms with van der Waals surface area (Å²) in [6.45, 7) is 2.04. The number of tetrazole rings is 1. The number of thiophene rings is 1. The van der Waals surface area contributed by atoms with Crippen molar-refractivity contribution < 1.29 is 14.3 Å². The molecule has 0 radical (unpaired) electrons. The predicted octanol–water partition coefficient (Wildman–Crippen LogP) is 3.22. The highest BCUT2D eigenvalue weighted by Crippen LogP contribution is 2.38. The maximum Gasteiger partial charge on any atom is 0.352 e. The van der Waals surface area contributed by atoms with E-state index < -0.39 is 5.97 Å². The maximum absolute atomic E-state index is 12.3. The zero-order chi connectivity index (χ0) is 17.9.